The third-order valence-corrected chi connectivity index (χ3v) is 3.03. The van der Waals surface area contributed by atoms with Gasteiger partial charge in [0.1, 0.15) is 0 Å². The Morgan fingerprint density at radius 1 is 0.905 bits per heavy atom. The molecule has 1 saturated carbocycles. The summed E-state index contributed by atoms with van der Waals surface area (Å²) >= 11 is 10.0. The maximum Gasteiger partial charge on any atom is 2.00 e. The average molecular weight is 378 g/mol. The Morgan fingerprint density at radius 3 is 1.62 bits per heavy atom. The second-order valence-electron chi connectivity index (χ2n) is 4.11. The van der Waals surface area contributed by atoms with Gasteiger partial charge in [0.15, 0.2) is 0 Å². The van der Waals surface area contributed by atoms with Gasteiger partial charge in [-0.15, -0.1) is 0 Å². The molecule has 0 radical (unpaired) electrons. The molecule has 112 valence electrons. The number of nitrogens with one attached hydrogen (secondary N) is 2. The molecule has 9 heteroatoms. The number of hydrazone groups is 2. The number of hydrogen-bond donors (Lipinski definition) is 2. The summed E-state index contributed by atoms with van der Waals surface area (Å²) in [5, 5.41) is 9.38. The van der Waals surface area contributed by atoms with E-state index in [1.54, 1.807) is 0 Å². The van der Waals surface area contributed by atoms with E-state index in [0.29, 0.717) is 23.4 Å². The van der Waals surface area contributed by atoms with Crippen molar-refractivity contribution < 1.29 is 19.5 Å². The maximum absolute atomic E-state index is 5.02. The zero-order valence-corrected chi connectivity index (χ0v) is 17.2. The molecular formula is C12H20N6S2Zn. The van der Waals surface area contributed by atoms with Gasteiger partial charge < -0.3 is 25.3 Å². The molecule has 21 heavy (non-hydrogen) atoms. The Labute approximate surface area is 150 Å². The van der Waals surface area contributed by atoms with Gasteiger partial charge in [0.05, 0.1) is 11.4 Å². The Bertz CT molecular complexity index is 393. The maximum atomic E-state index is 5.02. The van der Waals surface area contributed by atoms with Crippen LogP contribution < -0.4 is 10.9 Å². The molecule has 1 aliphatic carbocycles. The number of aliphatic imine (C=N–C) groups is 2. The van der Waals surface area contributed by atoms with E-state index in [1.807, 2.05) is 13.8 Å². The first-order valence-corrected chi connectivity index (χ1v) is 7.57. The minimum absolute atomic E-state index is 0. The Morgan fingerprint density at radius 2 is 1.29 bits per heavy atom. The van der Waals surface area contributed by atoms with Crippen LogP contribution in [0, 0.1) is 0 Å². The molecule has 0 bridgehead atoms. The summed E-state index contributed by atoms with van der Waals surface area (Å²) in [4.78, 5) is 8.11. The largest absolute Gasteiger partial charge is 2.00 e. The molecule has 0 unspecified atom stereocenters. The summed E-state index contributed by atoms with van der Waals surface area (Å²) in [7, 11) is 0. The summed E-state index contributed by atoms with van der Waals surface area (Å²) in [5.41, 5.74) is 7.37. The molecule has 6 nitrogen and oxygen atoms in total. The minimum atomic E-state index is 0. The van der Waals surface area contributed by atoms with Crippen molar-refractivity contribution in [1.29, 1.82) is 0 Å². The van der Waals surface area contributed by atoms with Crippen molar-refractivity contribution >= 4 is 47.0 Å². The first kappa shape index (κ1) is 20.3. The van der Waals surface area contributed by atoms with Crippen molar-refractivity contribution in [2.75, 3.05) is 13.1 Å². The van der Waals surface area contributed by atoms with E-state index in [-0.39, 0.29) is 19.5 Å². The van der Waals surface area contributed by atoms with Gasteiger partial charge in [0, 0.05) is 13.1 Å². The number of rotatable bonds is 4. The van der Waals surface area contributed by atoms with Crippen LogP contribution in [0.15, 0.2) is 20.2 Å². The molecule has 1 fully saturated rings. The van der Waals surface area contributed by atoms with Crippen molar-refractivity contribution in [2.45, 2.75) is 39.5 Å². The molecule has 0 aromatic carbocycles. The topological polar surface area (TPSA) is 73.5 Å². The SMILES string of the molecule is CCN=C([S-])N/N=C1\CCCC\C1=N/NC([S-])=NCC.[Zn+2]. The van der Waals surface area contributed by atoms with Crippen LogP contribution in [0.1, 0.15) is 39.5 Å². The van der Waals surface area contributed by atoms with Gasteiger partial charge in [0.25, 0.3) is 0 Å². The molecule has 0 heterocycles. The van der Waals surface area contributed by atoms with Crippen molar-refractivity contribution in [3.63, 3.8) is 0 Å². The summed E-state index contributed by atoms with van der Waals surface area (Å²) < 4.78 is 0. The van der Waals surface area contributed by atoms with Crippen molar-refractivity contribution in [1.82, 2.24) is 10.9 Å². The van der Waals surface area contributed by atoms with E-state index < -0.39 is 0 Å². The smallest absolute Gasteiger partial charge is 0.741 e. The Kier molecular flexibility index (Phi) is 11.6. The van der Waals surface area contributed by atoms with Gasteiger partial charge in [-0.25, -0.2) is 0 Å². The van der Waals surface area contributed by atoms with E-state index >= 15 is 0 Å². The second kappa shape index (κ2) is 11.9. The van der Waals surface area contributed by atoms with Crippen LogP contribution in [-0.4, -0.2) is 34.8 Å². The zero-order chi connectivity index (χ0) is 14.8. The predicted molar refractivity (Wildman–Crippen MR) is 90.3 cm³/mol. The molecule has 0 atom stereocenters. The summed E-state index contributed by atoms with van der Waals surface area (Å²) in [6.07, 6.45) is 3.95. The fourth-order valence-corrected chi connectivity index (χ4v) is 2.05. The van der Waals surface area contributed by atoms with Gasteiger partial charge in [0.2, 0.25) is 0 Å². The summed E-state index contributed by atoms with van der Waals surface area (Å²) in [6, 6.07) is 0. The van der Waals surface area contributed by atoms with E-state index in [2.05, 4.69) is 31.0 Å². The van der Waals surface area contributed by atoms with Gasteiger partial charge in [-0.3, -0.25) is 20.8 Å². The second-order valence-corrected chi connectivity index (χ2v) is 4.88. The van der Waals surface area contributed by atoms with Crippen molar-refractivity contribution in [3.8, 4) is 0 Å². The molecule has 1 aliphatic rings. The monoisotopic (exact) mass is 376 g/mol. The average Bonchev–Trinajstić information content (AvgIpc) is 2.44. The molecule has 0 saturated heterocycles. The van der Waals surface area contributed by atoms with E-state index in [9.17, 15) is 0 Å². The third-order valence-electron chi connectivity index (χ3n) is 2.59. The number of hydrogen-bond acceptors (Lipinski definition) is 6. The molecule has 0 aromatic heterocycles. The molecule has 1 rings (SSSR count). The predicted octanol–water partition coefficient (Wildman–Crippen LogP) is 1.29. The minimum Gasteiger partial charge on any atom is -0.741 e. The zero-order valence-electron chi connectivity index (χ0n) is 12.6. The van der Waals surface area contributed by atoms with Crippen LogP contribution in [-0.2, 0) is 44.7 Å². The quantitative estimate of drug-likeness (QED) is 0.254. The third kappa shape index (κ3) is 8.38. The van der Waals surface area contributed by atoms with E-state index in [4.69, 9.17) is 25.3 Å². The van der Waals surface area contributed by atoms with Crippen LogP contribution >= 0.6 is 0 Å². The van der Waals surface area contributed by atoms with Crippen LogP contribution in [0.2, 0.25) is 0 Å². The molecule has 0 amide bonds. The Balaban J connectivity index is 0.00000400. The van der Waals surface area contributed by atoms with Crippen LogP contribution in [0.5, 0.6) is 0 Å². The molecule has 2 N–H and O–H groups in total. The number of amidine groups is 2. The molecular weight excluding hydrogens is 358 g/mol. The molecule has 0 aromatic rings. The normalized spacial score (nSPS) is 20.3. The van der Waals surface area contributed by atoms with Crippen LogP contribution in [0.4, 0.5) is 0 Å². The molecule has 0 spiro atoms. The van der Waals surface area contributed by atoms with Gasteiger partial charge >= 0.3 is 19.5 Å². The summed E-state index contributed by atoms with van der Waals surface area (Å²) in [6.45, 7) is 5.14. The fourth-order valence-electron chi connectivity index (χ4n) is 1.70. The fraction of sp³-hybridized carbons (Fsp3) is 0.667. The first-order chi connectivity index (χ1) is 9.67. The van der Waals surface area contributed by atoms with Gasteiger partial charge in [-0.1, -0.05) is 0 Å². The molecule has 0 aliphatic heterocycles. The van der Waals surface area contributed by atoms with Crippen molar-refractivity contribution in [2.24, 2.45) is 20.2 Å². The first-order valence-electron chi connectivity index (χ1n) is 6.75. The van der Waals surface area contributed by atoms with Gasteiger partial charge in [-0.2, -0.15) is 10.2 Å². The summed E-state index contributed by atoms with van der Waals surface area (Å²) in [5.74, 6) is 0. The number of nitrogens with zero attached hydrogens (tertiary/aromatic N) is 4. The van der Waals surface area contributed by atoms with Crippen LogP contribution in [0.25, 0.3) is 0 Å². The van der Waals surface area contributed by atoms with Crippen LogP contribution in [0.3, 0.4) is 0 Å². The van der Waals surface area contributed by atoms with Crippen molar-refractivity contribution in [3.05, 3.63) is 0 Å². The van der Waals surface area contributed by atoms with E-state index in [0.717, 1.165) is 37.1 Å². The standard InChI is InChI=1S/C12H22N6S2.Zn/c1-3-13-11(19)17-15-9-7-5-6-8-10(9)16-18-12(20)14-4-2;/h3-8H2,1-2H3,(H2,13,17,19)(H2,14,18,20);/q;+2/p-2/b15-9+,16-10+;. The van der Waals surface area contributed by atoms with E-state index in [1.165, 1.54) is 0 Å². The Hall–Kier alpha value is -0.657. The van der Waals surface area contributed by atoms with Gasteiger partial charge in [-0.05, 0) is 49.9 Å².